The van der Waals surface area contributed by atoms with Gasteiger partial charge in [0.05, 0.1) is 5.52 Å². The van der Waals surface area contributed by atoms with Crippen molar-refractivity contribution in [2.45, 2.75) is 25.3 Å². The van der Waals surface area contributed by atoms with E-state index in [-0.39, 0.29) is 0 Å². The quantitative estimate of drug-likeness (QED) is 0.865. The molecule has 18 heavy (non-hydrogen) atoms. The number of anilines is 1. The predicted octanol–water partition coefficient (Wildman–Crippen LogP) is 2.17. The van der Waals surface area contributed by atoms with Gasteiger partial charge in [-0.3, -0.25) is 0 Å². The number of hydrogen-bond donors (Lipinski definition) is 2. The summed E-state index contributed by atoms with van der Waals surface area (Å²) in [6.45, 7) is 0.923. The molecule has 0 saturated heterocycles. The third-order valence-corrected chi connectivity index (χ3v) is 3.62. The highest BCUT2D eigenvalue weighted by atomic mass is 15.1. The first kappa shape index (κ1) is 11.4. The zero-order valence-corrected chi connectivity index (χ0v) is 10.3. The summed E-state index contributed by atoms with van der Waals surface area (Å²) in [5.74, 6) is 1.38. The van der Waals surface area contributed by atoms with Crippen molar-refractivity contribution in [3.63, 3.8) is 0 Å². The Balaban J connectivity index is 1.67. The van der Waals surface area contributed by atoms with E-state index in [2.05, 4.69) is 15.3 Å². The number of aromatic nitrogens is 2. The number of fused-ring (bicyclic) bond motifs is 1. The minimum absolute atomic E-state index is 0.384. The molecule has 4 nitrogen and oxygen atoms in total. The van der Waals surface area contributed by atoms with Gasteiger partial charge in [-0.15, -0.1) is 0 Å². The van der Waals surface area contributed by atoms with Gasteiger partial charge in [0.1, 0.15) is 0 Å². The van der Waals surface area contributed by atoms with Crippen molar-refractivity contribution in [2.24, 2.45) is 11.7 Å². The lowest BCUT2D eigenvalue weighted by Gasteiger charge is -2.11. The van der Waals surface area contributed by atoms with Crippen LogP contribution >= 0.6 is 0 Å². The maximum absolute atomic E-state index is 5.91. The van der Waals surface area contributed by atoms with E-state index in [9.17, 15) is 0 Å². The molecule has 0 bridgehead atoms. The first-order chi connectivity index (χ1) is 8.81. The van der Waals surface area contributed by atoms with Gasteiger partial charge >= 0.3 is 0 Å². The average molecular weight is 242 g/mol. The van der Waals surface area contributed by atoms with Crippen LogP contribution < -0.4 is 11.1 Å². The minimum Gasteiger partial charge on any atom is -0.354 e. The van der Waals surface area contributed by atoms with E-state index < -0.39 is 0 Å². The van der Waals surface area contributed by atoms with Crippen molar-refractivity contribution in [1.82, 2.24) is 9.97 Å². The zero-order valence-electron chi connectivity index (χ0n) is 10.3. The molecule has 1 saturated carbocycles. The number of benzene rings is 1. The van der Waals surface area contributed by atoms with E-state index in [1.807, 2.05) is 30.5 Å². The van der Waals surface area contributed by atoms with Crippen LogP contribution in [0.2, 0.25) is 0 Å². The molecule has 0 radical (unpaired) electrons. The smallest absolute Gasteiger partial charge is 0.223 e. The number of para-hydroxylation sites is 1. The van der Waals surface area contributed by atoms with Gasteiger partial charge in [0, 0.05) is 24.2 Å². The highest BCUT2D eigenvalue weighted by Crippen LogP contribution is 2.24. The molecule has 0 amide bonds. The maximum atomic E-state index is 5.91. The van der Waals surface area contributed by atoms with Gasteiger partial charge in [-0.2, -0.15) is 0 Å². The number of nitrogens with zero attached hydrogens (tertiary/aromatic N) is 2. The van der Waals surface area contributed by atoms with Crippen molar-refractivity contribution in [3.05, 3.63) is 30.5 Å². The Kier molecular flexibility index (Phi) is 3.11. The normalized spacial score (nSPS) is 23.4. The molecule has 1 aromatic heterocycles. The molecule has 1 aromatic carbocycles. The van der Waals surface area contributed by atoms with E-state index >= 15 is 0 Å². The summed E-state index contributed by atoms with van der Waals surface area (Å²) in [5, 5.41) is 4.40. The Bertz CT molecular complexity index is 540. The summed E-state index contributed by atoms with van der Waals surface area (Å²) in [4.78, 5) is 8.84. The Morgan fingerprint density at radius 3 is 3.00 bits per heavy atom. The second-order valence-corrected chi connectivity index (χ2v) is 5.07. The second-order valence-electron chi connectivity index (χ2n) is 5.07. The molecular formula is C14H18N4. The van der Waals surface area contributed by atoms with E-state index in [0.29, 0.717) is 17.9 Å². The summed E-state index contributed by atoms with van der Waals surface area (Å²) < 4.78 is 0. The lowest BCUT2D eigenvalue weighted by Crippen LogP contribution is -2.18. The molecule has 1 fully saturated rings. The lowest BCUT2D eigenvalue weighted by molar-refractivity contribution is 0.564. The Hall–Kier alpha value is -1.68. The first-order valence-corrected chi connectivity index (χ1v) is 6.52. The fourth-order valence-electron chi connectivity index (χ4n) is 2.59. The summed E-state index contributed by atoms with van der Waals surface area (Å²) in [5.41, 5.74) is 6.89. The highest BCUT2D eigenvalue weighted by Gasteiger charge is 2.21. The fourth-order valence-corrected chi connectivity index (χ4v) is 2.59. The van der Waals surface area contributed by atoms with Crippen LogP contribution in [0.25, 0.3) is 10.9 Å². The molecule has 2 unspecified atom stereocenters. The Morgan fingerprint density at radius 1 is 1.28 bits per heavy atom. The molecule has 4 heteroatoms. The number of rotatable bonds is 3. The van der Waals surface area contributed by atoms with Crippen molar-refractivity contribution in [2.75, 3.05) is 11.9 Å². The fraction of sp³-hybridized carbons (Fsp3) is 0.429. The van der Waals surface area contributed by atoms with Crippen molar-refractivity contribution in [1.29, 1.82) is 0 Å². The molecule has 1 aliphatic carbocycles. The molecule has 0 spiro atoms. The topological polar surface area (TPSA) is 63.8 Å². The maximum Gasteiger partial charge on any atom is 0.223 e. The van der Waals surface area contributed by atoms with Gasteiger partial charge in [0.25, 0.3) is 0 Å². The van der Waals surface area contributed by atoms with Crippen molar-refractivity contribution >= 4 is 16.9 Å². The number of hydrogen-bond acceptors (Lipinski definition) is 4. The molecule has 94 valence electrons. The Morgan fingerprint density at radius 2 is 2.17 bits per heavy atom. The largest absolute Gasteiger partial charge is 0.354 e. The molecule has 3 N–H and O–H groups in total. The van der Waals surface area contributed by atoms with Gasteiger partial charge in [-0.05, 0) is 31.2 Å². The van der Waals surface area contributed by atoms with Crippen LogP contribution in [0.15, 0.2) is 30.5 Å². The third kappa shape index (κ3) is 2.43. The van der Waals surface area contributed by atoms with Gasteiger partial charge < -0.3 is 11.1 Å². The van der Waals surface area contributed by atoms with Crippen LogP contribution in [-0.4, -0.2) is 22.6 Å². The van der Waals surface area contributed by atoms with E-state index in [0.717, 1.165) is 30.3 Å². The van der Waals surface area contributed by atoms with E-state index in [1.165, 1.54) is 6.42 Å². The standard InChI is InChI=1S/C14H18N4/c15-12-6-5-10(7-12)8-16-14-17-9-11-3-1-2-4-13(11)18-14/h1-4,9-10,12H,5-8,15H2,(H,16,17,18). The Labute approximate surface area is 107 Å². The van der Waals surface area contributed by atoms with Crippen molar-refractivity contribution in [3.8, 4) is 0 Å². The molecule has 0 aliphatic heterocycles. The molecule has 1 aliphatic rings. The molecule has 2 atom stereocenters. The SMILES string of the molecule is NC1CCC(CNc2ncc3ccccc3n2)C1. The van der Waals surface area contributed by atoms with Crippen LogP contribution in [0.4, 0.5) is 5.95 Å². The molecule has 3 rings (SSSR count). The van der Waals surface area contributed by atoms with E-state index in [4.69, 9.17) is 5.73 Å². The van der Waals surface area contributed by atoms with Gasteiger partial charge in [0.15, 0.2) is 0 Å². The number of nitrogens with one attached hydrogen (secondary N) is 1. The van der Waals surface area contributed by atoms with Crippen LogP contribution in [-0.2, 0) is 0 Å². The first-order valence-electron chi connectivity index (χ1n) is 6.52. The average Bonchev–Trinajstić information content (AvgIpc) is 2.82. The van der Waals surface area contributed by atoms with Gasteiger partial charge in [-0.25, -0.2) is 9.97 Å². The minimum atomic E-state index is 0.384. The van der Waals surface area contributed by atoms with Crippen molar-refractivity contribution < 1.29 is 0 Å². The predicted molar refractivity (Wildman–Crippen MR) is 73.3 cm³/mol. The van der Waals surface area contributed by atoms with Gasteiger partial charge in [0.2, 0.25) is 5.95 Å². The third-order valence-electron chi connectivity index (χ3n) is 3.62. The number of nitrogens with two attached hydrogens (primary N) is 1. The second kappa shape index (κ2) is 4.90. The summed E-state index contributed by atoms with van der Waals surface area (Å²) in [6, 6.07) is 8.41. The lowest BCUT2D eigenvalue weighted by atomic mass is 10.1. The van der Waals surface area contributed by atoms with Gasteiger partial charge in [-0.1, -0.05) is 18.2 Å². The zero-order chi connectivity index (χ0) is 12.4. The van der Waals surface area contributed by atoms with Crippen LogP contribution in [0.1, 0.15) is 19.3 Å². The van der Waals surface area contributed by atoms with Crippen LogP contribution in [0.5, 0.6) is 0 Å². The summed E-state index contributed by atoms with van der Waals surface area (Å²) in [7, 11) is 0. The summed E-state index contributed by atoms with van der Waals surface area (Å²) in [6.07, 6.45) is 5.33. The van der Waals surface area contributed by atoms with Crippen LogP contribution in [0.3, 0.4) is 0 Å². The monoisotopic (exact) mass is 242 g/mol. The van der Waals surface area contributed by atoms with E-state index in [1.54, 1.807) is 0 Å². The van der Waals surface area contributed by atoms with Crippen LogP contribution in [0, 0.1) is 5.92 Å². The molecule has 2 aromatic rings. The highest BCUT2D eigenvalue weighted by molar-refractivity contribution is 5.78. The molecule has 1 heterocycles. The summed E-state index contributed by atoms with van der Waals surface area (Å²) >= 11 is 0. The molecular weight excluding hydrogens is 224 g/mol.